The Morgan fingerprint density at radius 3 is 1.74 bits per heavy atom. The van der Waals surface area contributed by atoms with Crippen LogP contribution in [0.2, 0.25) is 0 Å². The first-order chi connectivity index (χ1) is 12.7. The maximum Gasteiger partial charge on any atom is 0.200 e. The van der Waals surface area contributed by atoms with Gasteiger partial charge in [0.2, 0.25) is 5.82 Å². The minimum Gasteiger partial charge on any atom is -0.379 e. The number of benzene rings is 1. The van der Waals surface area contributed by atoms with Gasteiger partial charge in [-0.1, -0.05) is 45.4 Å². The molecule has 0 amide bonds. The molecule has 1 unspecified atom stereocenters. The molecule has 0 bridgehead atoms. The first-order valence-corrected chi connectivity index (χ1v) is 9.72. The van der Waals surface area contributed by atoms with Crippen LogP contribution in [0.25, 0.3) is 0 Å². The van der Waals surface area contributed by atoms with Crippen LogP contribution >= 0.6 is 0 Å². The van der Waals surface area contributed by atoms with Crippen LogP contribution in [0.3, 0.4) is 0 Å². The predicted octanol–water partition coefficient (Wildman–Crippen LogP) is 7.11. The molecule has 1 nitrogen and oxygen atoms in total. The molecule has 0 spiro atoms. The van der Waals surface area contributed by atoms with Crippen molar-refractivity contribution in [3.63, 3.8) is 0 Å². The summed E-state index contributed by atoms with van der Waals surface area (Å²) >= 11 is 0. The van der Waals surface area contributed by atoms with Gasteiger partial charge in [0.05, 0.1) is 5.60 Å². The molecule has 6 heteroatoms. The lowest BCUT2D eigenvalue weighted by Gasteiger charge is -2.33. The Kier molecular flexibility index (Phi) is 9.71. The van der Waals surface area contributed by atoms with Gasteiger partial charge in [-0.15, -0.1) is 0 Å². The van der Waals surface area contributed by atoms with Gasteiger partial charge < -0.3 is 4.74 Å². The third-order valence-electron chi connectivity index (χ3n) is 5.46. The number of hydrogen-bond acceptors (Lipinski definition) is 1. The van der Waals surface area contributed by atoms with E-state index in [9.17, 15) is 22.0 Å². The zero-order chi connectivity index (χ0) is 20.6. The van der Waals surface area contributed by atoms with Crippen LogP contribution in [0.15, 0.2) is 0 Å². The van der Waals surface area contributed by atoms with Gasteiger partial charge in [-0.25, -0.2) is 22.0 Å². The second-order valence-electron chi connectivity index (χ2n) is 7.65. The van der Waals surface area contributed by atoms with Gasteiger partial charge in [0, 0.05) is 12.7 Å². The van der Waals surface area contributed by atoms with E-state index in [2.05, 4.69) is 6.92 Å². The summed E-state index contributed by atoms with van der Waals surface area (Å²) in [6.45, 7) is 5.91. The summed E-state index contributed by atoms with van der Waals surface area (Å²) in [5.41, 5.74) is -1.29. The van der Waals surface area contributed by atoms with Crippen LogP contribution in [0.5, 0.6) is 0 Å². The fourth-order valence-corrected chi connectivity index (χ4v) is 3.37. The fraction of sp³-hybridized carbons (Fsp3) is 0.714. The molecule has 1 rings (SSSR count). The minimum atomic E-state index is -2.12. The second-order valence-corrected chi connectivity index (χ2v) is 7.65. The standard InChI is InChI=1S/C21H31F5O/c1-5-6-7-8-9-10-11-14(21(2,3)27-4)12-13-15-16(22)18(24)20(26)19(25)17(15)23/h14H,5-13H2,1-4H3. The number of hydrogen-bond donors (Lipinski definition) is 0. The molecule has 1 aromatic rings. The Bertz CT molecular complexity index is 572. The summed E-state index contributed by atoms with van der Waals surface area (Å²) in [4.78, 5) is 0. The molecule has 0 aliphatic heterocycles. The van der Waals surface area contributed by atoms with E-state index in [-0.39, 0.29) is 18.8 Å². The van der Waals surface area contributed by atoms with Gasteiger partial charge in [0.1, 0.15) is 0 Å². The van der Waals surface area contributed by atoms with Crippen molar-refractivity contribution in [2.24, 2.45) is 5.92 Å². The van der Waals surface area contributed by atoms with Crippen LogP contribution in [0.1, 0.15) is 77.7 Å². The molecule has 1 aromatic carbocycles. The van der Waals surface area contributed by atoms with E-state index >= 15 is 0 Å². The molecule has 0 saturated heterocycles. The Morgan fingerprint density at radius 2 is 1.22 bits per heavy atom. The maximum atomic E-state index is 13.9. The Morgan fingerprint density at radius 1 is 0.741 bits per heavy atom. The molecule has 1 atom stereocenters. The Balaban J connectivity index is 2.80. The summed E-state index contributed by atoms with van der Waals surface area (Å²) in [6.07, 6.45) is 7.52. The molecular formula is C21H31F5O. The molecule has 0 radical (unpaired) electrons. The van der Waals surface area contributed by atoms with Crippen LogP contribution in [-0.2, 0) is 11.2 Å². The van der Waals surface area contributed by atoms with E-state index in [1.807, 2.05) is 13.8 Å². The van der Waals surface area contributed by atoms with Crippen LogP contribution in [0, 0.1) is 35.0 Å². The first kappa shape index (κ1) is 23.9. The third kappa shape index (κ3) is 6.44. The normalized spacial score (nSPS) is 13.2. The average molecular weight is 394 g/mol. The second kappa shape index (κ2) is 11.0. The van der Waals surface area contributed by atoms with Crippen LogP contribution in [-0.4, -0.2) is 12.7 Å². The third-order valence-corrected chi connectivity index (χ3v) is 5.46. The number of methoxy groups -OCH3 is 1. The quantitative estimate of drug-likeness (QED) is 0.159. The fourth-order valence-electron chi connectivity index (χ4n) is 3.37. The number of rotatable bonds is 12. The SMILES string of the molecule is CCCCCCCCC(CCc1c(F)c(F)c(F)c(F)c1F)C(C)(C)OC. The molecule has 0 aromatic heterocycles. The molecule has 0 aliphatic carbocycles. The van der Waals surface area contributed by atoms with Gasteiger partial charge in [0.25, 0.3) is 0 Å². The highest BCUT2D eigenvalue weighted by molar-refractivity contribution is 5.24. The lowest BCUT2D eigenvalue weighted by molar-refractivity contribution is -0.0345. The Hall–Kier alpha value is -1.17. The summed E-state index contributed by atoms with van der Waals surface area (Å²) in [5, 5.41) is 0. The predicted molar refractivity (Wildman–Crippen MR) is 97.1 cm³/mol. The van der Waals surface area contributed by atoms with Gasteiger partial charge in [0.15, 0.2) is 23.3 Å². The van der Waals surface area contributed by atoms with Crippen molar-refractivity contribution in [1.29, 1.82) is 0 Å². The van der Waals surface area contributed by atoms with Gasteiger partial charge in [-0.3, -0.25) is 0 Å². The number of ether oxygens (including phenoxy) is 1. The molecule has 0 saturated carbocycles. The van der Waals surface area contributed by atoms with Crippen LogP contribution in [0.4, 0.5) is 22.0 Å². The summed E-state index contributed by atoms with van der Waals surface area (Å²) in [6, 6.07) is 0. The van der Waals surface area contributed by atoms with Crippen molar-refractivity contribution >= 4 is 0 Å². The molecular weight excluding hydrogens is 363 g/mol. The first-order valence-electron chi connectivity index (χ1n) is 9.72. The lowest BCUT2D eigenvalue weighted by Crippen LogP contribution is -2.34. The lowest BCUT2D eigenvalue weighted by atomic mass is 9.81. The van der Waals surface area contributed by atoms with E-state index in [0.29, 0.717) is 0 Å². The number of unbranched alkanes of at least 4 members (excludes halogenated alkanes) is 5. The van der Waals surface area contributed by atoms with E-state index in [1.165, 1.54) is 19.3 Å². The molecule has 156 valence electrons. The summed E-state index contributed by atoms with van der Waals surface area (Å²) in [7, 11) is 1.56. The highest BCUT2D eigenvalue weighted by Crippen LogP contribution is 2.32. The monoisotopic (exact) mass is 394 g/mol. The van der Waals surface area contributed by atoms with E-state index < -0.39 is 40.3 Å². The highest BCUT2D eigenvalue weighted by atomic mass is 19.2. The molecule has 27 heavy (non-hydrogen) atoms. The largest absolute Gasteiger partial charge is 0.379 e. The van der Waals surface area contributed by atoms with Gasteiger partial charge in [-0.05, 0) is 39.0 Å². The van der Waals surface area contributed by atoms with Gasteiger partial charge in [-0.2, -0.15) is 0 Å². The van der Waals surface area contributed by atoms with Crippen molar-refractivity contribution < 1.29 is 26.7 Å². The van der Waals surface area contributed by atoms with E-state index in [4.69, 9.17) is 4.74 Å². The van der Waals surface area contributed by atoms with Crippen molar-refractivity contribution in [2.45, 2.75) is 84.2 Å². The molecule has 0 heterocycles. The van der Waals surface area contributed by atoms with Crippen molar-refractivity contribution in [3.05, 3.63) is 34.6 Å². The summed E-state index contributed by atoms with van der Waals surface area (Å²) in [5.74, 6) is -9.41. The number of halogens is 5. The van der Waals surface area contributed by atoms with Gasteiger partial charge >= 0.3 is 0 Å². The topological polar surface area (TPSA) is 9.23 Å². The van der Waals surface area contributed by atoms with Crippen molar-refractivity contribution in [1.82, 2.24) is 0 Å². The smallest absolute Gasteiger partial charge is 0.200 e. The molecule has 0 fully saturated rings. The minimum absolute atomic E-state index is 0.0522. The van der Waals surface area contributed by atoms with E-state index in [1.54, 1.807) is 7.11 Å². The zero-order valence-corrected chi connectivity index (χ0v) is 16.7. The van der Waals surface area contributed by atoms with Crippen molar-refractivity contribution in [3.8, 4) is 0 Å². The van der Waals surface area contributed by atoms with Crippen LogP contribution < -0.4 is 0 Å². The zero-order valence-electron chi connectivity index (χ0n) is 16.7. The average Bonchev–Trinajstić information content (AvgIpc) is 2.65. The maximum absolute atomic E-state index is 13.9. The summed E-state index contributed by atoms with van der Waals surface area (Å²) < 4.78 is 73.3. The highest BCUT2D eigenvalue weighted by Gasteiger charge is 2.31. The van der Waals surface area contributed by atoms with Crippen molar-refractivity contribution in [2.75, 3.05) is 7.11 Å². The van der Waals surface area contributed by atoms with E-state index in [0.717, 1.165) is 25.7 Å². The molecule has 0 aliphatic rings. The Labute approximate surface area is 159 Å². The molecule has 0 N–H and O–H groups in total.